The summed E-state index contributed by atoms with van der Waals surface area (Å²) in [4.78, 5) is 11.0. The molecule has 2 fully saturated rings. The quantitative estimate of drug-likeness (QED) is 0.622. The largest absolute Gasteiger partial charge is 0.361 e. The minimum atomic E-state index is -0.505. The summed E-state index contributed by atoms with van der Waals surface area (Å²) in [6, 6.07) is 0. The molecule has 1 heterocycles. The number of carbonyl (C=O) groups is 1. The molecule has 2 heteroatoms. The molecule has 0 aromatic rings. The minimum absolute atomic E-state index is 0.0160. The fourth-order valence-corrected chi connectivity index (χ4v) is 3.31. The van der Waals surface area contributed by atoms with Gasteiger partial charge in [0.05, 0.1) is 5.60 Å². The van der Waals surface area contributed by atoms with Crippen molar-refractivity contribution in [2.45, 2.75) is 64.1 Å². The molecular formula is C13H22O2. The summed E-state index contributed by atoms with van der Waals surface area (Å²) in [5, 5.41) is 0. The molecule has 0 bridgehead atoms. The molecule has 0 aromatic heterocycles. The smallest absolute Gasteiger partial charge is 0.151 e. The van der Waals surface area contributed by atoms with E-state index < -0.39 is 5.60 Å². The summed E-state index contributed by atoms with van der Waals surface area (Å²) < 4.78 is 6.12. The van der Waals surface area contributed by atoms with Crippen molar-refractivity contribution < 1.29 is 9.53 Å². The molecule has 1 spiro atoms. The van der Waals surface area contributed by atoms with Gasteiger partial charge in [-0.05, 0) is 50.9 Å². The molecule has 1 saturated carbocycles. The predicted octanol–water partition coefficient (Wildman–Crippen LogP) is 2.95. The van der Waals surface area contributed by atoms with Crippen molar-refractivity contribution in [2.75, 3.05) is 0 Å². The van der Waals surface area contributed by atoms with Gasteiger partial charge in [-0.2, -0.15) is 0 Å². The normalized spacial score (nSPS) is 50.9. The molecule has 2 aliphatic rings. The monoisotopic (exact) mass is 210 g/mol. The van der Waals surface area contributed by atoms with Gasteiger partial charge in [-0.1, -0.05) is 13.8 Å². The Bertz CT molecular complexity index is 263. The van der Waals surface area contributed by atoms with E-state index in [4.69, 9.17) is 4.74 Å². The molecule has 0 amide bonds. The van der Waals surface area contributed by atoms with Crippen molar-refractivity contribution in [3.8, 4) is 0 Å². The van der Waals surface area contributed by atoms with E-state index in [0.29, 0.717) is 5.92 Å². The van der Waals surface area contributed by atoms with Crippen molar-refractivity contribution in [2.24, 2.45) is 11.8 Å². The van der Waals surface area contributed by atoms with Crippen molar-refractivity contribution in [3.63, 3.8) is 0 Å². The van der Waals surface area contributed by atoms with E-state index >= 15 is 0 Å². The highest BCUT2D eigenvalue weighted by molar-refractivity contribution is 5.62. The van der Waals surface area contributed by atoms with Gasteiger partial charge in [0.15, 0.2) is 6.29 Å². The van der Waals surface area contributed by atoms with Gasteiger partial charge >= 0.3 is 0 Å². The van der Waals surface area contributed by atoms with Gasteiger partial charge in [-0.3, -0.25) is 0 Å². The molecule has 0 radical (unpaired) electrons. The van der Waals surface area contributed by atoms with Gasteiger partial charge in [0.25, 0.3) is 0 Å². The molecule has 1 saturated heterocycles. The van der Waals surface area contributed by atoms with E-state index in [2.05, 4.69) is 13.8 Å². The average molecular weight is 210 g/mol. The van der Waals surface area contributed by atoms with Crippen molar-refractivity contribution >= 4 is 6.29 Å². The van der Waals surface area contributed by atoms with E-state index in [0.717, 1.165) is 31.5 Å². The van der Waals surface area contributed by atoms with Crippen LogP contribution in [-0.4, -0.2) is 17.5 Å². The Morgan fingerprint density at radius 1 is 1.27 bits per heavy atom. The maximum Gasteiger partial charge on any atom is 0.151 e. The maximum absolute atomic E-state index is 11.0. The molecule has 86 valence electrons. The lowest BCUT2D eigenvalue weighted by molar-refractivity contribution is -0.154. The Morgan fingerprint density at radius 2 is 2.00 bits per heavy atom. The number of hydrogen-bond acceptors (Lipinski definition) is 2. The van der Waals surface area contributed by atoms with Crippen molar-refractivity contribution in [1.82, 2.24) is 0 Å². The highest BCUT2D eigenvalue weighted by Crippen LogP contribution is 2.49. The predicted molar refractivity (Wildman–Crippen MR) is 59.7 cm³/mol. The maximum atomic E-state index is 11.0. The topological polar surface area (TPSA) is 26.3 Å². The lowest BCUT2D eigenvalue weighted by Gasteiger charge is -2.42. The molecule has 2 rings (SSSR count). The number of hydrogen-bond donors (Lipinski definition) is 0. The Kier molecular flexibility index (Phi) is 2.66. The highest BCUT2D eigenvalue weighted by atomic mass is 16.5. The van der Waals surface area contributed by atoms with Gasteiger partial charge in [0.2, 0.25) is 0 Å². The van der Waals surface area contributed by atoms with Gasteiger partial charge in [-0.15, -0.1) is 0 Å². The van der Waals surface area contributed by atoms with Crippen LogP contribution in [0.15, 0.2) is 0 Å². The third-order valence-electron chi connectivity index (χ3n) is 4.44. The first-order chi connectivity index (χ1) is 7.00. The second-order valence-corrected chi connectivity index (χ2v) is 5.88. The van der Waals surface area contributed by atoms with Crippen LogP contribution in [0, 0.1) is 11.8 Å². The van der Waals surface area contributed by atoms with Crippen LogP contribution in [0.25, 0.3) is 0 Å². The third-order valence-corrected chi connectivity index (χ3v) is 4.44. The third kappa shape index (κ3) is 1.84. The second kappa shape index (κ2) is 3.58. The zero-order chi connectivity index (χ0) is 11.1. The molecule has 4 atom stereocenters. The molecule has 2 nitrogen and oxygen atoms in total. The number of ether oxygens (including phenoxy) is 1. The van der Waals surface area contributed by atoms with E-state index in [9.17, 15) is 4.79 Å². The first-order valence-electron chi connectivity index (χ1n) is 6.16. The van der Waals surface area contributed by atoms with Crippen LogP contribution >= 0.6 is 0 Å². The average Bonchev–Trinajstić information content (AvgIpc) is 2.54. The summed E-state index contributed by atoms with van der Waals surface area (Å²) in [6.07, 6.45) is 6.59. The summed E-state index contributed by atoms with van der Waals surface area (Å²) in [5.41, 5.74) is -0.489. The number of carbonyl (C=O) groups excluding carboxylic acids is 1. The van der Waals surface area contributed by atoms with Crippen LogP contribution in [-0.2, 0) is 9.53 Å². The highest BCUT2D eigenvalue weighted by Gasteiger charge is 2.51. The van der Waals surface area contributed by atoms with Crippen LogP contribution in [0.3, 0.4) is 0 Å². The standard InChI is InChI=1S/C13H22O2/c1-10-4-5-13(11(2)8-10)7-6-12(3,9-14)15-13/h9-11H,4-8H2,1-3H3. The van der Waals surface area contributed by atoms with Gasteiger partial charge in [0, 0.05) is 0 Å². The summed E-state index contributed by atoms with van der Waals surface area (Å²) in [6.45, 7) is 6.53. The number of rotatable bonds is 1. The molecule has 4 unspecified atom stereocenters. The number of aldehydes is 1. The lowest BCUT2D eigenvalue weighted by Crippen LogP contribution is -2.43. The van der Waals surface area contributed by atoms with E-state index in [1.54, 1.807) is 0 Å². The first-order valence-corrected chi connectivity index (χ1v) is 6.16. The molecule has 0 aromatic carbocycles. The summed E-state index contributed by atoms with van der Waals surface area (Å²) in [5.74, 6) is 1.42. The lowest BCUT2D eigenvalue weighted by atomic mass is 9.71. The summed E-state index contributed by atoms with van der Waals surface area (Å²) in [7, 11) is 0. The Hall–Kier alpha value is -0.370. The molecule has 1 aliphatic carbocycles. The van der Waals surface area contributed by atoms with Gasteiger partial charge in [0.1, 0.15) is 5.60 Å². The first kappa shape index (κ1) is 11.1. The zero-order valence-electron chi connectivity index (χ0n) is 10.1. The minimum Gasteiger partial charge on any atom is -0.361 e. The molecule has 0 N–H and O–H groups in total. The fraction of sp³-hybridized carbons (Fsp3) is 0.923. The fourth-order valence-electron chi connectivity index (χ4n) is 3.31. The van der Waals surface area contributed by atoms with E-state index in [-0.39, 0.29) is 5.60 Å². The molecular weight excluding hydrogens is 188 g/mol. The van der Waals surface area contributed by atoms with Crippen LogP contribution < -0.4 is 0 Å². The van der Waals surface area contributed by atoms with Gasteiger partial charge in [-0.25, -0.2) is 0 Å². The van der Waals surface area contributed by atoms with Crippen molar-refractivity contribution in [1.29, 1.82) is 0 Å². The Morgan fingerprint density at radius 3 is 2.53 bits per heavy atom. The van der Waals surface area contributed by atoms with Crippen LogP contribution in [0.4, 0.5) is 0 Å². The molecule has 15 heavy (non-hydrogen) atoms. The Labute approximate surface area is 92.4 Å². The summed E-state index contributed by atoms with van der Waals surface area (Å²) >= 11 is 0. The zero-order valence-corrected chi connectivity index (χ0v) is 10.1. The molecule has 1 aliphatic heterocycles. The van der Waals surface area contributed by atoms with E-state index in [1.807, 2.05) is 6.92 Å². The van der Waals surface area contributed by atoms with Crippen LogP contribution in [0.2, 0.25) is 0 Å². The van der Waals surface area contributed by atoms with Crippen LogP contribution in [0.5, 0.6) is 0 Å². The Balaban J connectivity index is 2.12. The second-order valence-electron chi connectivity index (χ2n) is 5.88. The van der Waals surface area contributed by atoms with Gasteiger partial charge < -0.3 is 9.53 Å². The van der Waals surface area contributed by atoms with Crippen LogP contribution in [0.1, 0.15) is 52.9 Å². The SMILES string of the molecule is CC1CCC2(CCC(C)(C=O)O2)C(C)C1. The van der Waals surface area contributed by atoms with Crippen molar-refractivity contribution in [3.05, 3.63) is 0 Å². The van der Waals surface area contributed by atoms with E-state index in [1.165, 1.54) is 12.8 Å².